The zero-order valence-electron chi connectivity index (χ0n) is 15.1. The minimum absolute atomic E-state index is 0.965. The maximum Gasteiger partial charge on any atom is -0.0414 e. The maximum absolute atomic E-state index is 2.47. The Labute approximate surface area is 130 Å². The van der Waals surface area contributed by atoms with E-state index in [1.807, 2.05) is 0 Å². The topological polar surface area (TPSA) is 0 Å². The molecule has 0 aromatic heterocycles. The molecule has 0 nitrogen and oxygen atoms in total. The van der Waals surface area contributed by atoms with Gasteiger partial charge in [0.25, 0.3) is 0 Å². The minimum atomic E-state index is 0.965. The lowest BCUT2D eigenvalue weighted by Gasteiger charge is -2.16. The first-order valence-electron chi connectivity index (χ1n) is 9.74. The molecule has 0 aliphatic rings. The Balaban J connectivity index is 3.42. The van der Waals surface area contributed by atoms with E-state index in [0.717, 1.165) is 11.8 Å². The number of hydrogen-bond donors (Lipinski definition) is 0. The van der Waals surface area contributed by atoms with Crippen LogP contribution in [0.2, 0.25) is 0 Å². The molecule has 122 valence electrons. The summed E-state index contributed by atoms with van der Waals surface area (Å²) in [7, 11) is 0. The van der Waals surface area contributed by atoms with E-state index in [1.54, 1.807) is 0 Å². The first kappa shape index (κ1) is 20.0. The van der Waals surface area contributed by atoms with Crippen molar-refractivity contribution in [2.24, 2.45) is 11.8 Å². The van der Waals surface area contributed by atoms with Gasteiger partial charge in [-0.15, -0.1) is 0 Å². The first-order chi connectivity index (χ1) is 9.74. The molecule has 20 heavy (non-hydrogen) atoms. The van der Waals surface area contributed by atoms with Crippen LogP contribution < -0.4 is 0 Å². The van der Waals surface area contributed by atoms with Gasteiger partial charge >= 0.3 is 0 Å². The Kier molecular flexibility index (Phi) is 15.4. The van der Waals surface area contributed by atoms with E-state index < -0.39 is 0 Å². The van der Waals surface area contributed by atoms with Crippen LogP contribution >= 0.6 is 0 Å². The molecule has 0 heterocycles. The summed E-state index contributed by atoms with van der Waals surface area (Å²) in [6, 6.07) is 0. The first-order valence-corrected chi connectivity index (χ1v) is 9.74. The number of rotatable bonds is 15. The fraction of sp³-hybridized carbons (Fsp3) is 1.00. The molecule has 0 N–H and O–H groups in total. The van der Waals surface area contributed by atoms with Crippen molar-refractivity contribution >= 4 is 0 Å². The van der Waals surface area contributed by atoms with E-state index in [1.165, 1.54) is 89.9 Å². The Morgan fingerprint density at radius 3 is 1.55 bits per heavy atom. The van der Waals surface area contributed by atoms with E-state index in [9.17, 15) is 0 Å². The van der Waals surface area contributed by atoms with Gasteiger partial charge in [-0.3, -0.25) is 0 Å². The van der Waals surface area contributed by atoms with Crippen molar-refractivity contribution < 1.29 is 0 Å². The third-order valence-corrected chi connectivity index (χ3v) is 4.75. The summed E-state index contributed by atoms with van der Waals surface area (Å²) in [6.07, 6.45) is 20.2. The van der Waals surface area contributed by atoms with Gasteiger partial charge in [0.15, 0.2) is 0 Å². The second kappa shape index (κ2) is 15.4. The smallest absolute Gasteiger partial charge is 0.0414 e. The second-order valence-corrected chi connectivity index (χ2v) is 7.04. The summed E-state index contributed by atoms with van der Waals surface area (Å²) < 4.78 is 0. The van der Waals surface area contributed by atoms with E-state index in [2.05, 4.69) is 27.7 Å². The summed E-state index contributed by atoms with van der Waals surface area (Å²) in [5.74, 6) is 1.99. The van der Waals surface area contributed by atoms with E-state index in [4.69, 9.17) is 0 Å². The van der Waals surface area contributed by atoms with Crippen LogP contribution in [0.4, 0.5) is 0 Å². The van der Waals surface area contributed by atoms with Gasteiger partial charge < -0.3 is 0 Å². The lowest BCUT2D eigenvalue weighted by atomic mass is 9.90. The lowest BCUT2D eigenvalue weighted by molar-refractivity contribution is 0.374. The normalized spacial score (nSPS) is 13.1. The van der Waals surface area contributed by atoms with Crippen molar-refractivity contribution in [3.63, 3.8) is 0 Å². The molecule has 1 atom stereocenters. The van der Waals surface area contributed by atoms with Gasteiger partial charge in [-0.2, -0.15) is 0 Å². The van der Waals surface area contributed by atoms with Crippen molar-refractivity contribution in [3.05, 3.63) is 0 Å². The van der Waals surface area contributed by atoms with E-state index in [-0.39, 0.29) is 0 Å². The van der Waals surface area contributed by atoms with Gasteiger partial charge in [0.2, 0.25) is 0 Å². The molecule has 0 spiro atoms. The summed E-state index contributed by atoms with van der Waals surface area (Å²) >= 11 is 0. The van der Waals surface area contributed by atoms with E-state index in [0.29, 0.717) is 0 Å². The largest absolute Gasteiger partial charge is 0.0654 e. The summed E-state index contributed by atoms with van der Waals surface area (Å²) in [4.78, 5) is 0. The van der Waals surface area contributed by atoms with Crippen molar-refractivity contribution in [2.75, 3.05) is 0 Å². The third-order valence-electron chi connectivity index (χ3n) is 4.75. The van der Waals surface area contributed by atoms with Crippen LogP contribution in [0.25, 0.3) is 0 Å². The molecule has 0 saturated heterocycles. The van der Waals surface area contributed by atoms with Gasteiger partial charge in [-0.05, 0) is 11.8 Å². The van der Waals surface area contributed by atoms with Gasteiger partial charge in [-0.25, -0.2) is 0 Å². The molecule has 0 amide bonds. The van der Waals surface area contributed by atoms with E-state index >= 15 is 0 Å². The van der Waals surface area contributed by atoms with Crippen LogP contribution in [0.1, 0.15) is 118 Å². The summed E-state index contributed by atoms with van der Waals surface area (Å²) in [5.41, 5.74) is 0. The van der Waals surface area contributed by atoms with Crippen LogP contribution in [0.5, 0.6) is 0 Å². The zero-order chi connectivity index (χ0) is 15.1. The molecule has 1 unspecified atom stereocenters. The van der Waals surface area contributed by atoms with Crippen LogP contribution in [0, 0.1) is 11.8 Å². The van der Waals surface area contributed by atoms with Crippen LogP contribution in [0.15, 0.2) is 0 Å². The minimum Gasteiger partial charge on any atom is -0.0654 e. The fourth-order valence-electron chi connectivity index (χ4n) is 3.42. The molecular weight excluding hydrogens is 240 g/mol. The molecule has 0 bridgehead atoms. The highest BCUT2D eigenvalue weighted by molar-refractivity contribution is 4.60. The molecular formula is C20H42. The SMILES string of the molecule is CCCCCCCC(C)CCCCC(CCC)CCC. The average Bonchev–Trinajstić information content (AvgIpc) is 2.43. The van der Waals surface area contributed by atoms with Crippen LogP contribution in [0.3, 0.4) is 0 Å². The predicted octanol–water partition coefficient (Wildman–Crippen LogP) is 7.76. The maximum atomic E-state index is 2.47. The quantitative estimate of drug-likeness (QED) is 0.269. The van der Waals surface area contributed by atoms with Crippen molar-refractivity contribution in [1.82, 2.24) is 0 Å². The molecule has 0 aliphatic heterocycles. The molecule has 0 rings (SSSR count). The van der Waals surface area contributed by atoms with Gasteiger partial charge in [0.05, 0.1) is 0 Å². The Morgan fingerprint density at radius 1 is 0.500 bits per heavy atom. The van der Waals surface area contributed by atoms with Crippen molar-refractivity contribution in [1.29, 1.82) is 0 Å². The third kappa shape index (κ3) is 13.0. The lowest BCUT2D eigenvalue weighted by Crippen LogP contribution is -2.01. The zero-order valence-corrected chi connectivity index (χ0v) is 15.1. The summed E-state index contributed by atoms with van der Waals surface area (Å²) in [5, 5.41) is 0. The predicted molar refractivity (Wildman–Crippen MR) is 94.3 cm³/mol. The van der Waals surface area contributed by atoms with Crippen molar-refractivity contribution in [3.8, 4) is 0 Å². The monoisotopic (exact) mass is 282 g/mol. The molecule has 0 aliphatic carbocycles. The van der Waals surface area contributed by atoms with Gasteiger partial charge in [-0.1, -0.05) is 118 Å². The van der Waals surface area contributed by atoms with Crippen LogP contribution in [-0.4, -0.2) is 0 Å². The molecule has 0 aromatic rings. The van der Waals surface area contributed by atoms with Crippen molar-refractivity contribution in [2.45, 2.75) is 118 Å². The molecule has 0 fully saturated rings. The Bertz CT molecular complexity index is 167. The molecule has 0 saturated carbocycles. The molecule has 0 heteroatoms. The molecule has 0 aromatic carbocycles. The Morgan fingerprint density at radius 2 is 1.00 bits per heavy atom. The van der Waals surface area contributed by atoms with Gasteiger partial charge in [0, 0.05) is 0 Å². The molecule has 0 radical (unpaired) electrons. The number of unbranched alkanes of at least 4 members (excludes halogenated alkanes) is 5. The summed E-state index contributed by atoms with van der Waals surface area (Å²) in [6.45, 7) is 9.44. The second-order valence-electron chi connectivity index (χ2n) is 7.04. The van der Waals surface area contributed by atoms with Crippen LogP contribution in [-0.2, 0) is 0 Å². The standard InChI is InChI=1S/C20H42/c1-5-8-9-10-11-16-19(4)17-12-13-18-20(14-6-2)15-7-3/h19-20H,5-18H2,1-4H3. The highest BCUT2D eigenvalue weighted by atomic mass is 14.1. The Hall–Kier alpha value is 0. The highest BCUT2D eigenvalue weighted by Gasteiger charge is 2.07. The highest BCUT2D eigenvalue weighted by Crippen LogP contribution is 2.23. The number of hydrogen-bond acceptors (Lipinski definition) is 0. The fourth-order valence-corrected chi connectivity index (χ4v) is 3.42. The average molecular weight is 283 g/mol. The van der Waals surface area contributed by atoms with Gasteiger partial charge in [0.1, 0.15) is 0 Å².